The lowest BCUT2D eigenvalue weighted by molar-refractivity contribution is 0.0859. The quantitative estimate of drug-likeness (QED) is 0.433. The summed E-state index contributed by atoms with van der Waals surface area (Å²) >= 11 is 0. The highest BCUT2D eigenvalue weighted by Crippen LogP contribution is 2.32. The molecular weight excluding hydrogens is 452 g/mol. The number of aromatic hydroxyl groups is 2. The van der Waals surface area contributed by atoms with Crippen LogP contribution in [0.2, 0.25) is 0 Å². The van der Waals surface area contributed by atoms with Crippen LogP contribution in [0.25, 0.3) is 0 Å². The lowest BCUT2D eigenvalue weighted by Crippen LogP contribution is -2.53. The molecule has 4 N–H and O–H groups in total. The molecule has 2 unspecified atom stereocenters. The van der Waals surface area contributed by atoms with Gasteiger partial charge in [-0.1, -0.05) is 66.5 Å². The summed E-state index contributed by atoms with van der Waals surface area (Å²) in [5.41, 5.74) is 3.43. The summed E-state index contributed by atoms with van der Waals surface area (Å²) in [6.07, 6.45) is 3.33. The highest BCUT2D eigenvalue weighted by Gasteiger charge is 2.31. The summed E-state index contributed by atoms with van der Waals surface area (Å²) in [5, 5.41) is 27.4. The Morgan fingerprint density at radius 1 is 0.694 bits per heavy atom. The van der Waals surface area contributed by atoms with Crippen LogP contribution in [0.5, 0.6) is 11.5 Å². The van der Waals surface area contributed by atoms with Gasteiger partial charge in [-0.25, -0.2) is 0 Å². The minimum absolute atomic E-state index is 0.0173. The van der Waals surface area contributed by atoms with Gasteiger partial charge in [-0.05, 0) is 71.9 Å². The van der Waals surface area contributed by atoms with Crippen LogP contribution in [0.15, 0.2) is 24.3 Å². The first-order valence-electron chi connectivity index (χ1n) is 12.9. The first-order valence-corrected chi connectivity index (χ1v) is 12.9. The van der Waals surface area contributed by atoms with Gasteiger partial charge in [0.1, 0.15) is 11.5 Å². The van der Waals surface area contributed by atoms with E-state index in [-0.39, 0.29) is 57.4 Å². The molecule has 0 aliphatic heterocycles. The largest absolute Gasteiger partial charge is 0.507 e. The van der Waals surface area contributed by atoms with Crippen molar-refractivity contribution >= 4 is 11.8 Å². The van der Waals surface area contributed by atoms with E-state index >= 15 is 0 Å². The van der Waals surface area contributed by atoms with Crippen LogP contribution in [-0.4, -0.2) is 34.1 Å². The molecule has 2 aromatic rings. The maximum atomic E-state index is 13.3. The number of rotatable bonds is 4. The molecular formula is C30H42N2O4. The van der Waals surface area contributed by atoms with Crippen molar-refractivity contribution in [2.24, 2.45) is 0 Å². The number of aryl methyl sites for hydroxylation is 2. The van der Waals surface area contributed by atoms with Crippen molar-refractivity contribution in [1.82, 2.24) is 10.6 Å². The van der Waals surface area contributed by atoms with E-state index in [9.17, 15) is 19.8 Å². The van der Waals surface area contributed by atoms with Gasteiger partial charge in [0.2, 0.25) is 0 Å². The standard InChI is InChI=1S/C30H42N2O4/c1-17-13-19(29(3,4)5)15-21(25(17)33)27(35)31-23-11-9-10-12-24(23)32-28(36)22-16-20(30(6,7)8)14-18(2)26(22)34/h13-16,23-24,33-34H,9-12H2,1-8H3,(H,31,35)(H,32,36). The van der Waals surface area contributed by atoms with Crippen LogP contribution >= 0.6 is 0 Å². The fourth-order valence-electron chi connectivity index (χ4n) is 4.74. The number of phenols is 2. The van der Waals surface area contributed by atoms with Crippen LogP contribution in [0, 0.1) is 13.8 Å². The second kappa shape index (κ2) is 10.2. The topological polar surface area (TPSA) is 98.7 Å². The van der Waals surface area contributed by atoms with E-state index in [0.717, 1.165) is 36.8 Å². The monoisotopic (exact) mass is 494 g/mol. The van der Waals surface area contributed by atoms with E-state index in [2.05, 4.69) is 52.2 Å². The van der Waals surface area contributed by atoms with Gasteiger partial charge in [-0.3, -0.25) is 9.59 Å². The molecule has 196 valence electrons. The molecule has 2 aromatic carbocycles. The van der Waals surface area contributed by atoms with Gasteiger partial charge < -0.3 is 20.8 Å². The maximum Gasteiger partial charge on any atom is 0.255 e. The van der Waals surface area contributed by atoms with E-state index in [0.29, 0.717) is 11.1 Å². The van der Waals surface area contributed by atoms with E-state index in [1.54, 1.807) is 26.0 Å². The summed E-state index contributed by atoms with van der Waals surface area (Å²) in [6.45, 7) is 16.0. The number of carbonyl (C=O) groups is 2. The molecule has 1 saturated carbocycles. The van der Waals surface area contributed by atoms with Gasteiger partial charge in [0.05, 0.1) is 11.1 Å². The number of hydrogen-bond donors (Lipinski definition) is 4. The molecule has 0 saturated heterocycles. The minimum atomic E-state index is -0.346. The van der Waals surface area contributed by atoms with Crippen LogP contribution in [-0.2, 0) is 10.8 Å². The normalized spacial score (nSPS) is 18.6. The molecule has 1 aliphatic rings. The first-order chi connectivity index (χ1) is 16.6. The van der Waals surface area contributed by atoms with Gasteiger partial charge in [0, 0.05) is 12.1 Å². The zero-order valence-corrected chi connectivity index (χ0v) is 23.0. The molecule has 3 rings (SSSR count). The van der Waals surface area contributed by atoms with Crippen LogP contribution in [0.1, 0.15) is 110 Å². The third-order valence-corrected chi connectivity index (χ3v) is 7.22. The SMILES string of the molecule is Cc1cc(C(C)(C)C)cc(C(=O)NC2CCCCC2NC(=O)c2cc(C(C)(C)C)cc(C)c2O)c1O. The van der Waals surface area contributed by atoms with Crippen LogP contribution in [0.3, 0.4) is 0 Å². The zero-order valence-electron chi connectivity index (χ0n) is 23.0. The number of amides is 2. The van der Waals surface area contributed by atoms with Crippen molar-refractivity contribution in [3.63, 3.8) is 0 Å². The Balaban J connectivity index is 1.84. The second-order valence-corrected chi connectivity index (χ2v) is 12.3. The molecule has 0 bridgehead atoms. The van der Waals surface area contributed by atoms with Crippen LogP contribution < -0.4 is 10.6 Å². The highest BCUT2D eigenvalue weighted by atomic mass is 16.3. The van der Waals surface area contributed by atoms with Crippen molar-refractivity contribution in [2.45, 2.75) is 104 Å². The number of hydrogen-bond acceptors (Lipinski definition) is 4. The fraction of sp³-hybridized carbons (Fsp3) is 0.533. The van der Waals surface area contributed by atoms with Crippen LogP contribution in [0.4, 0.5) is 0 Å². The molecule has 1 aliphatic carbocycles. The molecule has 0 spiro atoms. The fourth-order valence-corrected chi connectivity index (χ4v) is 4.74. The Hall–Kier alpha value is -3.02. The Bertz CT molecular complexity index is 1060. The van der Waals surface area contributed by atoms with Gasteiger partial charge in [-0.2, -0.15) is 0 Å². The molecule has 2 amide bonds. The molecule has 0 radical (unpaired) electrons. The number of benzene rings is 2. The predicted molar refractivity (Wildman–Crippen MR) is 144 cm³/mol. The smallest absolute Gasteiger partial charge is 0.255 e. The molecule has 0 aromatic heterocycles. The Labute approximate surface area is 215 Å². The summed E-state index contributed by atoms with van der Waals surface area (Å²) in [4.78, 5) is 26.6. The maximum absolute atomic E-state index is 13.3. The average Bonchev–Trinajstić information content (AvgIpc) is 2.76. The summed E-state index contributed by atoms with van der Waals surface area (Å²) < 4.78 is 0. The molecule has 2 atom stereocenters. The van der Waals surface area contributed by atoms with E-state index in [1.165, 1.54) is 0 Å². The van der Waals surface area contributed by atoms with Gasteiger partial charge in [-0.15, -0.1) is 0 Å². The summed E-state index contributed by atoms with van der Waals surface area (Å²) in [5.74, 6) is -0.727. The van der Waals surface area contributed by atoms with Crippen molar-refractivity contribution in [3.8, 4) is 11.5 Å². The van der Waals surface area contributed by atoms with Crippen molar-refractivity contribution in [3.05, 3.63) is 57.6 Å². The van der Waals surface area contributed by atoms with E-state index in [4.69, 9.17) is 0 Å². The zero-order chi connectivity index (χ0) is 27.0. The molecule has 36 heavy (non-hydrogen) atoms. The highest BCUT2D eigenvalue weighted by molar-refractivity contribution is 5.99. The van der Waals surface area contributed by atoms with Crippen molar-refractivity contribution < 1.29 is 19.8 Å². The third-order valence-electron chi connectivity index (χ3n) is 7.22. The molecule has 6 heteroatoms. The molecule has 0 heterocycles. The summed E-state index contributed by atoms with van der Waals surface area (Å²) in [7, 11) is 0. The van der Waals surface area contributed by atoms with Crippen molar-refractivity contribution in [2.75, 3.05) is 0 Å². The number of phenolic OH excluding ortho intramolecular Hbond substituents is 2. The first kappa shape index (κ1) is 27.6. The lowest BCUT2D eigenvalue weighted by atomic mass is 9.84. The van der Waals surface area contributed by atoms with E-state index < -0.39 is 0 Å². The van der Waals surface area contributed by atoms with Crippen molar-refractivity contribution in [1.29, 1.82) is 0 Å². The Morgan fingerprint density at radius 2 is 1.03 bits per heavy atom. The Kier molecular flexibility index (Phi) is 7.77. The number of nitrogens with one attached hydrogen (secondary N) is 2. The second-order valence-electron chi connectivity index (χ2n) is 12.3. The average molecular weight is 495 g/mol. The molecule has 1 fully saturated rings. The third kappa shape index (κ3) is 6.03. The molecule has 6 nitrogen and oxygen atoms in total. The Morgan fingerprint density at radius 3 is 1.33 bits per heavy atom. The predicted octanol–water partition coefficient (Wildman–Crippen LogP) is 5.78. The van der Waals surface area contributed by atoms with Gasteiger partial charge >= 0.3 is 0 Å². The summed E-state index contributed by atoms with van der Waals surface area (Å²) in [6, 6.07) is 6.79. The van der Waals surface area contributed by atoms with E-state index in [1.807, 2.05) is 12.1 Å². The minimum Gasteiger partial charge on any atom is -0.507 e. The van der Waals surface area contributed by atoms with Gasteiger partial charge in [0.25, 0.3) is 11.8 Å². The number of carbonyl (C=O) groups excluding carboxylic acids is 2. The van der Waals surface area contributed by atoms with Gasteiger partial charge in [0.15, 0.2) is 0 Å². The lowest BCUT2D eigenvalue weighted by Gasteiger charge is -2.33.